The van der Waals surface area contributed by atoms with Gasteiger partial charge >= 0.3 is 6.18 Å². The molecule has 2 aromatic rings. The van der Waals surface area contributed by atoms with Gasteiger partial charge < -0.3 is 5.32 Å². The molecule has 1 N–H and O–H groups in total. The van der Waals surface area contributed by atoms with Gasteiger partial charge in [0.1, 0.15) is 5.82 Å². The average molecular weight is 450 g/mol. The molecule has 1 aliphatic rings. The van der Waals surface area contributed by atoms with Crippen LogP contribution in [0.4, 0.5) is 17.6 Å². The number of hydrogen-bond donors (Lipinski definition) is 1. The summed E-state index contributed by atoms with van der Waals surface area (Å²) in [6.07, 6.45) is -4.69. The molecule has 2 heterocycles. The molecule has 3 rings (SSSR count). The second kappa shape index (κ2) is 8.63. The first kappa shape index (κ1) is 21.7. The lowest BCUT2D eigenvalue weighted by Gasteiger charge is -2.36. The number of thiophene rings is 1. The summed E-state index contributed by atoms with van der Waals surface area (Å²) in [6, 6.07) is 4.13. The minimum absolute atomic E-state index is 0. The van der Waals surface area contributed by atoms with E-state index in [1.165, 1.54) is 0 Å². The molecule has 1 fully saturated rings. The predicted octanol–water partition coefficient (Wildman–Crippen LogP) is 5.63. The highest BCUT2D eigenvalue weighted by molar-refractivity contribution is 7.16. The molecule has 0 saturated carbocycles. The molecule has 1 aromatic carbocycles. The van der Waals surface area contributed by atoms with Crippen molar-refractivity contribution in [1.29, 1.82) is 0 Å². The van der Waals surface area contributed by atoms with Crippen LogP contribution in [0.5, 0.6) is 0 Å². The van der Waals surface area contributed by atoms with Gasteiger partial charge in [0.2, 0.25) is 0 Å². The van der Waals surface area contributed by atoms with Gasteiger partial charge in [0.25, 0.3) is 0 Å². The van der Waals surface area contributed by atoms with Crippen LogP contribution in [0, 0.1) is 5.82 Å². The van der Waals surface area contributed by atoms with Crippen LogP contribution in [0.2, 0.25) is 9.36 Å². The Morgan fingerprint density at radius 3 is 2.27 bits per heavy atom. The van der Waals surface area contributed by atoms with Crippen molar-refractivity contribution in [1.82, 2.24) is 10.2 Å². The second-order valence-electron chi connectivity index (χ2n) is 5.65. The van der Waals surface area contributed by atoms with Crippen molar-refractivity contribution in [3.05, 3.63) is 55.4 Å². The molecule has 144 valence electrons. The van der Waals surface area contributed by atoms with Crippen molar-refractivity contribution in [3.8, 4) is 0 Å². The summed E-state index contributed by atoms with van der Waals surface area (Å²) in [5.41, 5.74) is -1.46. The molecule has 0 unspecified atom stereocenters. The van der Waals surface area contributed by atoms with Gasteiger partial charge in [-0.05, 0) is 24.3 Å². The van der Waals surface area contributed by atoms with Gasteiger partial charge in [-0.3, -0.25) is 4.90 Å². The van der Waals surface area contributed by atoms with Crippen LogP contribution < -0.4 is 5.32 Å². The van der Waals surface area contributed by atoms with Gasteiger partial charge in [-0.2, -0.15) is 13.2 Å². The van der Waals surface area contributed by atoms with Crippen molar-refractivity contribution >= 4 is 46.9 Å². The van der Waals surface area contributed by atoms with Crippen LogP contribution in [-0.4, -0.2) is 31.1 Å². The Bertz CT molecular complexity index is 760. The maximum Gasteiger partial charge on any atom is 0.416 e. The van der Waals surface area contributed by atoms with E-state index in [0.29, 0.717) is 35.4 Å². The highest BCUT2D eigenvalue weighted by atomic mass is 35.5. The molecule has 1 aliphatic heterocycles. The molecule has 1 aromatic heterocycles. The summed E-state index contributed by atoms with van der Waals surface area (Å²) in [7, 11) is 0. The van der Waals surface area contributed by atoms with E-state index in [2.05, 4.69) is 5.32 Å². The first-order valence-electron chi connectivity index (χ1n) is 7.54. The smallest absolute Gasteiger partial charge is 0.314 e. The van der Waals surface area contributed by atoms with E-state index in [9.17, 15) is 17.6 Å². The van der Waals surface area contributed by atoms with Gasteiger partial charge in [0.15, 0.2) is 0 Å². The first-order valence-corrected chi connectivity index (χ1v) is 9.11. The third kappa shape index (κ3) is 4.46. The molecule has 0 spiro atoms. The molecule has 26 heavy (non-hydrogen) atoms. The third-order valence-electron chi connectivity index (χ3n) is 4.09. The van der Waals surface area contributed by atoms with Gasteiger partial charge in [-0.1, -0.05) is 23.2 Å². The summed E-state index contributed by atoms with van der Waals surface area (Å²) < 4.78 is 55.9. The zero-order valence-electron chi connectivity index (χ0n) is 13.2. The van der Waals surface area contributed by atoms with Gasteiger partial charge in [0, 0.05) is 36.6 Å². The molecular formula is C16H15Cl3F4N2S. The summed E-state index contributed by atoms with van der Waals surface area (Å²) in [5.74, 6) is -1.04. The fourth-order valence-electron chi connectivity index (χ4n) is 3.00. The van der Waals surface area contributed by atoms with Crippen molar-refractivity contribution in [2.45, 2.75) is 12.2 Å². The molecular weight excluding hydrogens is 435 g/mol. The van der Waals surface area contributed by atoms with Crippen LogP contribution in [-0.2, 0) is 6.18 Å². The number of hydrogen-bond acceptors (Lipinski definition) is 3. The Labute approximate surface area is 168 Å². The lowest BCUT2D eigenvalue weighted by atomic mass is 9.96. The van der Waals surface area contributed by atoms with Crippen LogP contribution >= 0.6 is 46.9 Å². The van der Waals surface area contributed by atoms with Crippen LogP contribution in [0.15, 0.2) is 24.3 Å². The van der Waals surface area contributed by atoms with Crippen molar-refractivity contribution < 1.29 is 17.6 Å². The largest absolute Gasteiger partial charge is 0.416 e. The lowest BCUT2D eigenvalue weighted by molar-refractivity contribution is -0.138. The molecule has 1 saturated heterocycles. The maximum absolute atomic E-state index is 14.8. The van der Waals surface area contributed by atoms with Crippen molar-refractivity contribution in [2.75, 3.05) is 26.2 Å². The van der Waals surface area contributed by atoms with Crippen LogP contribution in [0.3, 0.4) is 0 Å². The van der Waals surface area contributed by atoms with E-state index in [4.69, 9.17) is 23.2 Å². The van der Waals surface area contributed by atoms with E-state index >= 15 is 0 Å². The van der Waals surface area contributed by atoms with Crippen LogP contribution in [0.1, 0.15) is 22.0 Å². The minimum Gasteiger partial charge on any atom is -0.314 e. The van der Waals surface area contributed by atoms with E-state index in [-0.39, 0.29) is 17.4 Å². The molecule has 10 heteroatoms. The summed E-state index contributed by atoms with van der Waals surface area (Å²) in [5, 5.41) is 2.81. The molecule has 0 aliphatic carbocycles. The SMILES string of the molecule is Cl.Fc1c(Cl)ccc(C(F)(F)F)c1[C@H](c1ccc(Cl)s1)N1CCNCC1. The zero-order chi connectivity index (χ0) is 18.2. The predicted molar refractivity (Wildman–Crippen MR) is 99.3 cm³/mol. The summed E-state index contributed by atoms with van der Waals surface area (Å²) in [6.45, 7) is 2.20. The number of nitrogens with one attached hydrogen (secondary N) is 1. The highest BCUT2D eigenvalue weighted by Gasteiger charge is 2.40. The topological polar surface area (TPSA) is 15.3 Å². The zero-order valence-corrected chi connectivity index (χ0v) is 16.4. The molecule has 0 radical (unpaired) electrons. The summed E-state index contributed by atoms with van der Waals surface area (Å²) in [4.78, 5) is 2.38. The first-order chi connectivity index (χ1) is 11.8. The second-order valence-corrected chi connectivity index (χ2v) is 7.80. The quantitative estimate of drug-likeness (QED) is 0.611. The normalized spacial score (nSPS) is 17.0. The number of piperazine rings is 1. The van der Waals surface area contributed by atoms with Crippen molar-refractivity contribution in [2.24, 2.45) is 0 Å². The third-order valence-corrected chi connectivity index (χ3v) is 5.67. The number of alkyl halides is 3. The maximum atomic E-state index is 14.8. The van der Waals surface area contributed by atoms with Gasteiger partial charge in [-0.25, -0.2) is 4.39 Å². The summed E-state index contributed by atoms with van der Waals surface area (Å²) >= 11 is 12.9. The Morgan fingerprint density at radius 2 is 1.73 bits per heavy atom. The van der Waals surface area contributed by atoms with E-state index in [1.807, 2.05) is 4.90 Å². The fourth-order valence-corrected chi connectivity index (χ4v) is 4.37. The highest BCUT2D eigenvalue weighted by Crippen LogP contribution is 2.44. The Morgan fingerprint density at radius 1 is 1.08 bits per heavy atom. The Balaban J connectivity index is 0.00000243. The van der Waals surface area contributed by atoms with E-state index in [0.717, 1.165) is 23.5 Å². The molecule has 1 atom stereocenters. The van der Waals surface area contributed by atoms with E-state index in [1.54, 1.807) is 12.1 Å². The monoisotopic (exact) mass is 448 g/mol. The lowest BCUT2D eigenvalue weighted by Crippen LogP contribution is -2.45. The Hall–Kier alpha value is -0.570. The van der Waals surface area contributed by atoms with Crippen molar-refractivity contribution in [3.63, 3.8) is 0 Å². The van der Waals surface area contributed by atoms with Crippen LogP contribution in [0.25, 0.3) is 0 Å². The van der Waals surface area contributed by atoms with E-state index < -0.39 is 29.2 Å². The standard InChI is InChI=1S/C16H14Cl2F4N2S.ClH/c17-10-2-1-9(16(20,21)22)13(14(10)19)15(11-3-4-12(18)25-11)24-7-5-23-6-8-24;/h1-4,15,23H,5-8H2;1H/t15-;/m0./s1. The Kier molecular flexibility index (Phi) is 7.21. The van der Waals surface area contributed by atoms with Gasteiger partial charge in [-0.15, -0.1) is 23.7 Å². The molecule has 2 nitrogen and oxygen atoms in total. The average Bonchev–Trinajstić information content (AvgIpc) is 2.98. The number of benzene rings is 1. The molecule has 0 amide bonds. The number of rotatable bonds is 3. The van der Waals surface area contributed by atoms with Gasteiger partial charge in [0.05, 0.1) is 21.0 Å². The minimum atomic E-state index is -4.69. The number of halogens is 7. The fraction of sp³-hybridized carbons (Fsp3) is 0.375. The molecule has 0 bridgehead atoms. The number of nitrogens with zero attached hydrogens (tertiary/aromatic N) is 1.